The minimum Gasteiger partial charge on any atom is -0.488 e. The number of hydrogen-bond donors (Lipinski definition) is 1. The van der Waals surface area contributed by atoms with Crippen molar-refractivity contribution < 1.29 is 9.90 Å². The molecule has 1 aliphatic rings. The van der Waals surface area contributed by atoms with Crippen molar-refractivity contribution in [1.29, 1.82) is 0 Å². The highest BCUT2D eigenvalue weighted by molar-refractivity contribution is 8.02. The van der Waals surface area contributed by atoms with Gasteiger partial charge in [-0.25, -0.2) is 0 Å². The molecule has 0 saturated heterocycles. The Morgan fingerprint density at radius 2 is 2.67 bits per heavy atom. The van der Waals surface area contributed by atoms with Crippen molar-refractivity contribution >= 4 is 25.0 Å². The topological polar surface area (TPSA) is 40.5 Å². The first-order valence-electron chi connectivity index (χ1n) is 2.41. The summed E-state index contributed by atoms with van der Waals surface area (Å²) in [5.41, 5.74) is 0. The number of nitrogens with zero attached hydrogens (tertiary/aromatic N) is 1. The molecule has 0 fully saturated rings. The van der Waals surface area contributed by atoms with Gasteiger partial charge >= 0.3 is 7.41 Å². The van der Waals surface area contributed by atoms with Gasteiger partial charge in [-0.2, -0.15) is 0 Å². The molecule has 0 aliphatic carbocycles. The van der Waals surface area contributed by atoms with Gasteiger partial charge in [0.2, 0.25) is 0 Å². The lowest BCUT2D eigenvalue weighted by atomic mass is 9.94. The predicted octanol–water partition coefficient (Wildman–Crippen LogP) is 0.761. The molecule has 1 N–H and O–H groups in total. The van der Waals surface area contributed by atoms with Gasteiger partial charge in [0.25, 0.3) is 5.87 Å². The van der Waals surface area contributed by atoms with Crippen LogP contribution in [0.2, 0.25) is 0 Å². The lowest BCUT2D eigenvalue weighted by Crippen LogP contribution is -2.25. The molecule has 0 saturated carbocycles. The van der Waals surface area contributed by atoms with Crippen LogP contribution < -0.4 is 0 Å². The molecule has 0 bridgehead atoms. The zero-order valence-corrected chi connectivity index (χ0v) is 5.47. The van der Waals surface area contributed by atoms with Crippen LogP contribution in [0.3, 0.4) is 0 Å². The van der Waals surface area contributed by atoms with E-state index in [9.17, 15) is 4.79 Å². The molecule has 1 rings (SSSR count). The van der Waals surface area contributed by atoms with E-state index in [4.69, 9.17) is 5.11 Å². The van der Waals surface area contributed by atoms with E-state index >= 15 is 0 Å². The summed E-state index contributed by atoms with van der Waals surface area (Å²) in [6.45, 7) is 0. The second-order valence-electron chi connectivity index (χ2n) is 1.56. The largest absolute Gasteiger partial charge is 0.488 e. The van der Waals surface area contributed by atoms with E-state index in [2.05, 4.69) is 0 Å². The smallest absolute Gasteiger partial charge is 0.393 e. The third-order valence-electron chi connectivity index (χ3n) is 0.848. The molecular formula is C4H5BNO2S. The van der Waals surface area contributed by atoms with E-state index in [0.717, 1.165) is 7.41 Å². The molecule has 3 nitrogen and oxygen atoms in total. The van der Waals surface area contributed by atoms with E-state index in [1.54, 1.807) is 22.8 Å². The van der Waals surface area contributed by atoms with Crippen molar-refractivity contribution in [3.8, 4) is 0 Å². The lowest BCUT2D eigenvalue weighted by molar-refractivity contribution is 0.218. The minimum absolute atomic E-state index is 0.715. The molecule has 0 spiro atoms. The Balaban J connectivity index is 2.28. The predicted molar refractivity (Wildman–Crippen MR) is 37.2 cm³/mol. The molecule has 9 heavy (non-hydrogen) atoms. The fourth-order valence-corrected chi connectivity index (χ4v) is 1.18. The Hall–Kier alpha value is -0.575. The SMILES string of the molecule is O=C(O)[B]N1C=CSC1. The molecule has 0 aromatic carbocycles. The van der Waals surface area contributed by atoms with E-state index < -0.39 is 5.87 Å². The maximum atomic E-state index is 10.0. The lowest BCUT2D eigenvalue weighted by Gasteiger charge is -2.07. The van der Waals surface area contributed by atoms with Crippen LogP contribution in [-0.2, 0) is 0 Å². The zero-order chi connectivity index (χ0) is 6.69. The quantitative estimate of drug-likeness (QED) is 0.577. The highest BCUT2D eigenvalue weighted by Gasteiger charge is 2.11. The van der Waals surface area contributed by atoms with E-state index in [0.29, 0.717) is 5.88 Å². The number of hydrogen-bond acceptors (Lipinski definition) is 3. The summed E-state index contributed by atoms with van der Waals surface area (Å²) in [7, 11) is 1.15. The zero-order valence-electron chi connectivity index (χ0n) is 4.65. The van der Waals surface area contributed by atoms with Crippen molar-refractivity contribution in [2.45, 2.75) is 0 Å². The van der Waals surface area contributed by atoms with Gasteiger partial charge in [-0.1, -0.05) is 0 Å². The second kappa shape index (κ2) is 2.82. The van der Waals surface area contributed by atoms with Crippen LogP contribution in [0.25, 0.3) is 0 Å². The first-order valence-corrected chi connectivity index (χ1v) is 3.46. The summed E-state index contributed by atoms with van der Waals surface area (Å²) in [5, 5.41) is 10.1. The monoisotopic (exact) mass is 142 g/mol. The van der Waals surface area contributed by atoms with E-state index in [1.807, 2.05) is 5.41 Å². The summed E-state index contributed by atoms with van der Waals surface area (Å²) in [6, 6.07) is 0. The van der Waals surface area contributed by atoms with Crippen LogP contribution in [0.15, 0.2) is 11.6 Å². The molecule has 0 aromatic heterocycles. The molecular weight excluding hydrogens is 137 g/mol. The molecule has 5 heteroatoms. The number of carbonyl (C=O) groups is 1. The summed E-state index contributed by atoms with van der Waals surface area (Å²) in [5.74, 6) is -0.186. The molecule has 0 atom stereocenters. The van der Waals surface area contributed by atoms with Gasteiger partial charge in [0, 0.05) is 0 Å². The fourth-order valence-electron chi connectivity index (χ4n) is 0.515. The Morgan fingerprint density at radius 3 is 3.11 bits per heavy atom. The van der Waals surface area contributed by atoms with Crippen LogP contribution in [0.4, 0.5) is 4.79 Å². The Labute approximate surface area is 58.0 Å². The third-order valence-corrected chi connectivity index (χ3v) is 1.61. The number of rotatable bonds is 2. The van der Waals surface area contributed by atoms with Crippen molar-refractivity contribution in [2.75, 3.05) is 5.88 Å². The number of carboxylic acid groups (broad SMARTS) is 1. The third kappa shape index (κ3) is 2.01. The van der Waals surface area contributed by atoms with Crippen LogP contribution in [-0.4, -0.2) is 29.1 Å². The molecule has 1 aliphatic heterocycles. The number of thioether (sulfide) groups is 1. The maximum absolute atomic E-state index is 10.0. The Bertz CT molecular complexity index is 150. The van der Waals surface area contributed by atoms with Crippen molar-refractivity contribution in [1.82, 2.24) is 4.81 Å². The molecule has 0 amide bonds. The standard InChI is InChI=1S/C4H5BNO2S/c7-4(8)5-6-1-2-9-3-6/h1-2H,3H2,(H,7,8). The fraction of sp³-hybridized carbons (Fsp3) is 0.250. The highest BCUT2D eigenvalue weighted by Crippen LogP contribution is 2.12. The van der Waals surface area contributed by atoms with Gasteiger partial charge in [-0.05, 0) is 11.6 Å². The van der Waals surface area contributed by atoms with E-state index in [-0.39, 0.29) is 0 Å². The van der Waals surface area contributed by atoms with Crippen LogP contribution in [0, 0.1) is 0 Å². The van der Waals surface area contributed by atoms with Crippen molar-refractivity contribution in [3.05, 3.63) is 11.6 Å². The molecule has 0 unspecified atom stereocenters. The summed E-state index contributed by atoms with van der Waals surface area (Å²) in [4.78, 5) is 11.6. The average molecular weight is 142 g/mol. The van der Waals surface area contributed by atoms with Crippen molar-refractivity contribution in [2.24, 2.45) is 0 Å². The van der Waals surface area contributed by atoms with Gasteiger partial charge in [-0.15, -0.1) is 11.8 Å². The molecule has 1 heterocycles. The maximum Gasteiger partial charge on any atom is 0.393 e. The first-order chi connectivity index (χ1) is 4.29. The van der Waals surface area contributed by atoms with Gasteiger partial charge in [-0.3, -0.25) is 4.79 Å². The van der Waals surface area contributed by atoms with Crippen LogP contribution >= 0.6 is 11.8 Å². The molecule has 1 radical (unpaired) electrons. The molecule has 0 aromatic rings. The average Bonchev–Trinajstić information content (AvgIpc) is 2.15. The van der Waals surface area contributed by atoms with Gasteiger partial charge in [0.05, 0.1) is 5.88 Å². The van der Waals surface area contributed by atoms with Crippen LogP contribution in [0.5, 0.6) is 0 Å². The highest BCUT2D eigenvalue weighted by atomic mass is 32.2. The Morgan fingerprint density at radius 1 is 1.89 bits per heavy atom. The molecule has 47 valence electrons. The van der Waals surface area contributed by atoms with E-state index in [1.165, 1.54) is 0 Å². The first kappa shape index (κ1) is 6.54. The summed E-state index contributed by atoms with van der Waals surface area (Å²) in [6.07, 6.45) is 1.73. The minimum atomic E-state index is -0.901. The summed E-state index contributed by atoms with van der Waals surface area (Å²) >= 11 is 1.57. The normalized spacial score (nSPS) is 16.2. The van der Waals surface area contributed by atoms with Gasteiger partial charge in [0.1, 0.15) is 0 Å². The second-order valence-corrected chi connectivity index (χ2v) is 2.43. The van der Waals surface area contributed by atoms with Crippen molar-refractivity contribution in [3.63, 3.8) is 0 Å². The van der Waals surface area contributed by atoms with Crippen LogP contribution in [0.1, 0.15) is 0 Å². The Kier molecular flexibility index (Phi) is 2.05. The summed E-state index contributed by atoms with van der Waals surface area (Å²) < 4.78 is 0. The van der Waals surface area contributed by atoms with Gasteiger partial charge < -0.3 is 9.92 Å². The van der Waals surface area contributed by atoms with Gasteiger partial charge in [0.15, 0.2) is 0 Å².